The molecule has 3 N–H and O–H groups in total. The minimum absolute atomic E-state index is 0. The largest absolute Gasteiger partial charge is 0.326 e. The number of hydrogen-bond acceptors (Lipinski definition) is 5. The summed E-state index contributed by atoms with van der Waals surface area (Å²) in [6.45, 7) is 0.551. The first-order chi connectivity index (χ1) is 6.90. The van der Waals surface area contributed by atoms with Gasteiger partial charge in [0.05, 0.1) is 18.1 Å². The Labute approximate surface area is 94.0 Å². The summed E-state index contributed by atoms with van der Waals surface area (Å²) in [6, 6.07) is 7.80. The van der Waals surface area contributed by atoms with Crippen LogP contribution in [0.2, 0.25) is 0 Å². The van der Waals surface area contributed by atoms with Crippen molar-refractivity contribution in [3.63, 3.8) is 0 Å². The zero-order valence-corrected chi connectivity index (χ0v) is 8.81. The summed E-state index contributed by atoms with van der Waals surface area (Å²) < 4.78 is 0. The van der Waals surface area contributed by atoms with E-state index in [9.17, 15) is 0 Å². The maximum absolute atomic E-state index is 5.50. The van der Waals surface area contributed by atoms with Gasteiger partial charge in [-0.15, -0.1) is 12.4 Å². The van der Waals surface area contributed by atoms with Crippen LogP contribution < -0.4 is 16.4 Å². The van der Waals surface area contributed by atoms with Gasteiger partial charge in [-0.1, -0.05) is 12.1 Å². The highest BCUT2D eigenvalue weighted by Crippen LogP contribution is 2.13. The van der Waals surface area contributed by atoms with Gasteiger partial charge in [-0.2, -0.15) is 20.9 Å². The van der Waals surface area contributed by atoms with Gasteiger partial charge in [0.1, 0.15) is 0 Å². The summed E-state index contributed by atoms with van der Waals surface area (Å²) >= 11 is 0. The fourth-order valence-electron chi connectivity index (χ4n) is 1.14. The molecule has 6 heteroatoms. The lowest BCUT2D eigenvalue weighted by atomic mass is 10.2. The van der Waals surface area contributed by atoms with Gasteiger partial charge >= 0.3 is 0 Å². The molecule has 1 aliphatic rings. The molecule has 1 heterocycles. The maximum atomic E-state index is 5.50. The van der Waals surface area contributed by atoms with Crippen molar-refractivity contribution in [3.8, 4) is 0 Å². The summed E-state index contributed by atoms with van der Waals surface area (Å²) in [5.74, 6) is 0. The van der Waals surface area contributed by atoms with Gasteiger partial charge in [-0.3, -0.25) is 0 Å². The quantitative estimate of drug-likeness (QED) is 0.785. The summed E-state index contributed by atoms with van der Waals surface area (Å²) in [5.41, 5.74) is 10.3. The van der Waals surface area contributed by atoms with Crippen LogP contribution in [-0.4, -0.2) is 12.4 Å². The minimum atomic E-state index is 0. The zero-order chi connectivity index (χ0) is 9.80. The van der Waals surface area contributed by atoms with E-state index in [4.69, 9.17) is 5.73 Å². The molecule has 0 saturated carbocycles. The number of hydrazine groups is 1. The Morgan fingerprint density at radius 2 is 1.93 bits per heavy atom. The van der Waals surface area contributed by atoms with Crippen molar-refractivity contribution in [1.82, 2.24) is 5.53 Å². The van der Waals surface area contributed by atoms with Crippen LogP contribution in [0, 0.1) is 0 Å². The number of anilines is 1. The predicted octanol–water partition coefficient (Wildman–Crippen LogP) is 0.863. The first-order valence-electron chi connectivity index (χ1n) is 4.30. The third-order valence-corrected chi connectivity index (χ3v) is 1.89. The molecular weight excluding hydrogens is 214 g/mol. The van der Waals surface area contributed by atoms with E-state index in [1.165, 1.54) is 0 Å². The molecule has 1 aromatic rings. The van der Waals surface area contributed by atoms with E-state index in [1.807, 2.05) is 24.3 Å². The highest BCUT2D eigenvalue weighted by atomic mass is 35.5. The molecule has 1 aromatic carbocycles. The van der Waals surface area contributed by atoms with Crippen molar-refractivity contribution < 1.29 is 0 Å². The highest BCUT2D eigenvalue weighted by molar-refractivity contribution is 6.16. The average Bonchev–Trinajstić information content (AvgIpc) is 2.30. The summed E-state index contributed by atoms with van der Waals surface area (Å²) in [5, 5.41) is 9.51. The Hall–Kier alpha value is -1.59. The lowest BCUT2D eigenvalue weighted by Crippen LogP contribution is -2.31. The molecule has 15 heavy (non-hydrogen) atoms. The van der Waals surface area contributed by atoms with E-state index in [-0.39, 0.29) is 12.4 Å². The number of hydrazone groups is 2. The lowest BCUT2D eigenvalue weighted by Gasteiger charge is -2.18. The standard InChI is InChI=1S/C9H11N5.ClH/c10-7-8-1-3-9(4-2-8)14-12-6-5-11-13-14;/h1-6,13H,7,10H2;1H. The van der Waals surface area contributed by atoms with Crippen molar-refractivity contribution >= 4 is 30.5 Å². The minimum Gasteiger partial charge on any atom is -0.326 e. The van der Waals surface area contributed by atoms with Gasteiger partial charge in [-0.05, 0) is 17.7 Å². The molecule has 0 bridgehead atoms. The first-order valence-corrected chi connectivity index (χ1v) is 4.30. The van der Waals surface area contributed by atoms with Crippen molar-refractivity contribution in [2.24, 2.45) is 15.9 Å². The monoisotopic (exact) mass is 225 g/mol. The van der Waals surface area contributed by atoms with Gasteiger partial charge in [0.2, 0.25) is 0 Å². The molecule has 0 atom stereocenters. The van der Waals surface area contributed by atoms with E-state index >= 15 is 0 Å². The third kappa shape index (κ3) is 2.68. The molecule has 0 fully saturated rings. The van der Waals surface area contributed by atoms with E-state index in [0.717, 1.165) is 11.3 Å². The van der Waals surface area contributed by atoms with E-state index in [0.29, 0.717) is 6.54 Å². The van der Waals surface area contributed by atoms with Crippen LogP contribution in [0.4, 0.5) is 5.69 Å². The first kappa shape index (κ1) is 11.5. The van der Waals surface area contributed by atoms with Crippen molar-refractivity contribution in [2.45, 2.75) is 6.54 Å². The molecule has 2 rings (SSSR count). The summed E-state index contributed by atoms with van der Waals surface area (Å²) in [4.78, 5) is 0. The number of rotatable bonds is 2. The fraction of sp³-hybridized carbons (Fsp3) is 0.111. The molecule has 0 spiro atoms. The number of nitrogens with two attached hydrogens (primary N) is 1. The van der Waals surface area contributed by atoms with E-state index < -0.39 is 0 Å². The second-order valence-corrected chi connectivity index (χ2v) is 2.83. The zero-order valence-electron chi connectivity index (χ0n) is 8.00. The summed E-state index contributed by atoms with van der Waals surface area (Å²) in [7, 11) is 0. The predicted molar refractivity (Wildman–Crippen MR) is 64.2 cm³/mol. The van der Waals surface area contributed by atoms with Crippen LogP contribution in [0.15, 0.2) is 34.5 Å². The topological polar surface area (TPSA) is 66.0 Å². The van der Waals surface area contributed by atoms with Gasteiger partial charge in [-0.25, -0.2) is 0 Å². The summed E-state index contributed by atoms with van der Waals surface area (Å²) in [6.07, 6.45) is 3.21. The van der Waals surface area contributed by atoms with Gasteiger partial charge in [0.15, 0.2) is 0 Å². The van der Waals surface area contributed by atoms with Crippen LogP contribution in [0.5, 0.6) is 0 Å². The molecule has 0 aliphatic carbocycles. The third-order valence-electron chi connectivity index (χ3n) is 1.89. The molecule has 1 aliphatic heterocycles. The highest BCUT2D eigenvalue weighted by Gasteiger charge is 2.03. The number of hydrogen-bond donors (Lipinski definition) is 2. The van der Waals surface area contributed by atoms with Crippen molar-refractivity contribution in [2.75, 3.05) is 5.12 Å². The number of nitrogens with one attached hydrogen (secondary N) is 1. The van der Waals surface area contributed by atoms with Crippen LogP contribution >= 0.6 is 12.4 Å². The van der Waals surface area contributed by atoms with Gasteiger partial charge < -0.3 is 5.73 Å². The molecular formula is C9H12ClN5. The van der Waals surface area contributed by atoms with Crippen LogP contribution in [0.25, 0.3) is 0 Å². The van der Waals surface area contributed by atoms with E-state index in [2.05, 4.69) is 15.7 Å². The maximum Gasteiger partial charge on any atom is 0.0850 e. The normalized spacial score (nSPS) is 13.3. The Bertz CT molecular complexity index is 359. The Kier molecular flexibility index (Phi) is 4.08. The Balaban J connectivity index is 0.00000112. The molecule has 0 unspecified atom stereocenters. The van der Waals surface area contributed by atoms with Gasteiger partial charge in [0.25, 0.3) is 0 Å². The van der Waals surface area contributed by atoms with Gasteiger partial charge in [0, 0.05) is 6.54 Å². The molecule has 0 radical (unpaired) electrons. The number of benzene rings is 1. The van der Waals surface area contributed by atoms with E-state index in [1.54, 1.807) is 17.5 Å². The smallest absolute Gasteiger partial charge is 0.0850 e. The van der Waals surface area contributed by atoms with Crippen LogP contribution in [-0.2, 0) is 6.54 Å². The average molecular weight is 226 g/mol. The molecule has 0 aromatic heterocycles. The number of halogens is 1. The second-order valence-electron chi connectivity index (χ2n) is 2.83. The van der Waals surface area contributed by atoms with Crippen LogP contribution in [0.3, 0.4) is 0 Å². The number of nitrogens with zero attached hydrogens (tertiary/aromatic N) is 3. The fourth-order valence-corrected chi connectivity index (χ4v) is 1.14. The Morgan fingerprint density at radius 3 is 2.47 bits per heavy atom. The van der Waals surface area contributed by atoms with Crippen LogP contribution in [0.1, 0.15) is 5.56 Å². The SMILES string of the molecule is Cl.NCc1ccc(N2N=CC=NN2)cc1. The second kappa shape index (κ2) is 5.33. The molecule has 0 saturated heterocycles. The lowest BCUT2D eigenvalue weighted by molar-refractivity contribution is 0.682. The van der Waals surface area contributed by atoms with Crippen molar-refractivity contribution in [3.05, 3.63) is 29.8 Å². The molecule has 5 nitrogen and oxygen atoms in total. The Morgan fingerprint density at radius 1 is 1.20 bits per heavy atom. The molecule has 80 valence electrons. The molecule has 0 amide bonds. The van der Waals surface area contributed by atoms with Crippen molar-refractivity contribution in [1.29, 1.82) is 0 Å².